The molecule has 6 nitrogen and oxygen atoms in total. The standard InChI is InChI=1S/C23H31N3O3.BrH/c1-17-10-8-13-19(22(28)29-23(2,3)4)21(17)24-20(27)16-25-14-9-15-26(25)18-11-6-5-7-12-18;/h8-10,13-15,18H,5-7,11-12,16H2,1-4H3;1H/p+1. The van der Waals surface area contributed by atoms with Crippen LogP contribution in [0.4, 0.5) is 5.69 Å². The van der Waals surface area contributed by atoms with Crippen LogP contribution in [-0.2, 0) is 16.1 Å². The van der Waals surface area contributed by atoms with Gasteiger partial charge in [0.25, 0.3) is 5.91 Å². The Balaban J connectivity index is 0.00000320. The molecule has 1 aromatic carbocycles. The van der Waals surface area contributed by atoms with Crippen molar-refractivity contribution in [2.75, 3.05) is 5.32 Å². The molecule has 1 fully saturated rings. The average molecular weight is 479 g/mol. The van der Waals surface area contributed by atoms with Crippen LogP contribution in [-0.4, -0.2) is 22.2 Å². The van der Waals surface area contributed by atoms with E-state index in [1.54, 1.807) is 12.1 Å². The summed E-state index contributed by atoms with van der Waals surface area (Å²) in [5, 5.41) is 2.94. The third-order valence-electron chi connectivity index (χ3n) is 5.20. The molecule has 0 saturated heterocycles. The number of halogens is 1. The van der Waals surface area contributed by atoms with Crippen molar-refractivity contribution in [3.05, 3.63) is 47.8 Å². The molecule has 0 bridgehead atoms. The van der Waals surface area contributed by atoms with E-state index in [9.17, 15) is 9.59 Å². The lowest BCUT2D eigenvalue weighted by Gasteiger charge is -2.21. The van der Waals surface area contributed by atoms with Crippen LogP contribution in [0.1, 0.15) is 74.8 Å². The van der Waals surface area contributed by atoms with Crippen LogP contribution < -0.4 is 10.00 Å². The minimum Gasteiger partial charge on any atom is -0.456 e. The third-order valence-corrected chi connectivity index (χ3v) is 5.20. The maximum absolute atomic E-state index is 12.8. The van der Waals surface area contributed by atoms with Crippen LogP contribution in [0.5, 0.6) is 0 Å². The van der Waals surface area contributed by atoms with Gasteiger partial charge < -0.3 is 10.1 Å². The number of benzene rings is 1. The van der Waals surface area contributed by atoms with Gasteiger partial charge in [-0.2, -0.15) is 4.68 Å². The van der Waals surface area contributed by atoms with Crippen molar-refractivity contribution in [3.63, 3.8) is 0 Å². The predicted molar refractivity (Wildman–Crippen MR) is 122 cm³/mol. The molecule has 0 unspecified atom stereocenters. The molecule has 1 heterocycles. The summed E-state index contributed by atoms with van der Waals surface area (Å²) in [6.45, 7) is 7.56. The molecule has 1 N–H and O–H groups in total. The molecule has 3 rings (SSSR count). The highest BCUT2D eigenvalue weighted by atomic mass is 79.9. The molecule has 1 amide bonds. The number of nitrogens with zero attached hydrogens (tertiary/aromatic N) is 2. The van der Waals surface area contributed by atoms with E-state index in [1.165, 1.54) is 19.3 Å². The molecular formula is C23H33BrN3O3+. The summed E-state index contributed by atoms with van der Waals surface area (Å²) in [4.78, 5) is 25.4. The maximum Gasteiger partial charge on any atom is 0.340 e. The topological polar surface area (TPSA) is 64.2 Å². The Labute approximate surface area is 189 Å². The van der Waals surface area contributed by atoms with Gasteiger partial charge in [-0.05, 0) is 52.2 Å². The molecule has 1 saturated carbocycles. The number of hydrogen-bond acceptors (Lipinski definition) is 3. The van der Waals surface area contributed by atoms with Crippen molar-refractivity contribution in [2.24, 2.45) is 0 Å². The highest BCUT2D eigenvalue weighted by molar-refractivity contribution is 8.93. The lowest BCUT2D eigenvalue weighted by molar-refractivity contribution is -0.767. The van der Waals surface area contributed by atoms with E-state index in [1.807, 2.05) is 56.9 Å². The van der Waals surface area contributed by atoms with Gasteiger partial charge in [-0.1, -0.05) is 31.4 Å². The maximum atomic E-state index is 12.8. The van der Waals surface area contributed by atoms with Crippen LogP contribution in [0.15, 0.2) is 36.7 Å². The van der Waals surface area contributed by atoms with Crippen molar-refractivity contribution in [1.82, 2.24) is 4.68 Å². The number of para-hydroxylation sites is 1. The van der Waals surface area contributed by atoms with E-state index in [-0.39, 0.29) is 29.4 Å². The summed E-state index contributed by atoms with van der Waals surface area (Å²) < 4.78 is 9.63. The first-order valence-electron chi connectivity index (χ1n) is 10.4. The van der Waals surface area contributed by atoms with Gasteiger partial charge in [-0.3, -0.25) is 4.79 Å². The number of aromatic nitrogens is 2. The second-order valence-corrected chi connectivity index (χ2v) is 8.81. The molecular weight excluding hydrogens is 446 g/mol. The van der Waals surface area contributed by atoms with E-state index < -0.39 is 11.6 Å². The Morgan fingerprint density at radius 2 is 1.87 bits per heavy atom. The fourth-order valence-corrected chi connectivity index (χ4v) is 3.86. The second kappa shape index (κ2) is 10.2. The number of aryl methyl sites for hydroxylation is 1. The minimum absolute atomic E-state index is 0. The van der Waals surface area contributed by atoms with Crippen LogP contribution in [0.2, 0.25) is 0 Å². The molecule has 0 spiro atoms. The van der Waals surface area contributed by atoms with Crippen LogP contribution in [0.25, 0.3) is 0 Å². The first kappa shape index (κ1) is 24.1. The van der Waals surface area contributed by atoms with E-state index in [2.05, 4.69) is 10.00 Å². The number of esters is 1. The largest absolute Gasteiger partial charge is 0.456 e. The summed E-state index contributed by atoms with van der Waals surface area (Å²) in [7, 11) is 0. The van der Waals surface area contributed by atoms with Crippen molar-refractivity contribution in [3.8, 4) is 0 Å². The van der Waals surface area contributed by atoms with Gasteiger partial charge in [0.2, 0.25) is 6.54 Å². The van der Waals surface area contributed by atoms with Gasteiger partial charge in [0.1, 0.15) is 5.60 Å². The normalized spacial score (nSPS) is 14.7. The van der Waals surface area contributed by atoms with E-state index in [0.717, 1.165) is 18.4 Å². The molecule has 1 aliphatic carbocycles. The number of nitrogens with one attached hydrogen (secondary N) is 1. The molecule has 0 aliphatic heterocycles. The fraction of sp³-hybridized carbons (Fsp3) is 0.522. The molecule has 164 valence electrons. The van der Waals surface area contributed by atoms with E-state index >= 15 is 0 Å². The second-order valence-electron chi connectivity index (χ2n) is 8.81. The van der Waals surface area contributed by atoms with Gasteiger partial charge in [0, 0.05) is 6.07 Å². The Hall–Kier alpha value is -2.15. The lowest BCUT2D eigenvalue weighted by Crippen LogP contribution is -2.48. The Morgan fingerprint density at radius 3 is 2.53 bits per heavy atom. The van der Waals surface area contributed by atoms with Crippen molar-refractivity contribution >= 4 is 34.5 Å². The van der Waals surface area contributed by atoms with Crippen LogP contribution in [0, 0.1) is 6.92 Å². The van der Waals surface area contributed by atoms with Crippen LogP contribution in [0.3, 0.4) is 0 Å². The van der Waals surface area contributed by atoms with Crippen LogP contribution >= 0.6 is 17.0 Å². The lowest BCUT2D eigenvalue weighted by atomic mass is 9.96. The first-order valence-corrected chi connectivity index (χ1v) is 10.4. The Bertz CT molecular complexity index is 880. The molecule has 7 heteroatoms. The Kier molecular flexibility index (Phi) is 8.24. The number of carbonyl (C=O) groups is 2. The van der Waals surface area contributed by atoms with Crippen molar-refractivity contribution in [2.45, 2.75) is 78.0 Å². The Morgan fingerprint density at radius 1 is 1.17 bits per heavy atom. The number of hydrogen-bond donors (Lipinski definition) is 1. The van der Waals surface area contributed by atoms with Crippen molar-refractivity contribution < 1.29 is 19.0 Å². The fourth-order valence-electron chi connectivity index (χ4n) is 3.86. The first-order chi connectivity index (χ1) is 13.7. The minimum atomic E-state index is -0.598. The monoisotopic (exact) mass is 478 g/mol. The molecule has 30 heavy (non-hydrogen) atoms. The highest BCUT2D eigenvalue weighted by Crippen LogP contribution is 2.27. The van der Waals surface area contributed by atoms with Gasteiger partial charge >= 0.3 is 5.97 Å². The number of rotatable bonds is 5. The zero-order valence-electron chi connectivity index (χ0n) is 18.3. The smallest absolute Gasteiger partial charge is 0.340 e. The van der Waals surface area contributed by atoms with E-state index in [4.69, 9.17) is 4.74 Å². The zero-order chi connectivity index (χ0) is 21.0. The summed E-state index contributed by atoms with van der Waals surface area (Å²) >= 11 is 0. The van der Waals surface area contributed by atoms with Gasteiger partial charge in [-0.25, -0.2) is 4.79 Å². The van der Waals surface area contributed by atoms with Gasteiger partial charge in [-0.15, -0.1) is 21.7 Å². The van der Waals surface area contributed by atoms with Crippen molar-refractivity contribution in [1.29, 1.82) is 0 Å². The summed E-state index contributed by atoms with van der Waals surface area (Å²) in [5.74, 6) is -0.598. The number of amides is 1. The van der Waals surface area contributed by atoms with E-state index in [0.29, 0.717) is 17.3 Å². The predicted octanol–water partition coefficient (Wildman–Crippen LogP) is 4.76. The summed E-state index contributed by atoms with van der Waals surface area (Å²) in [5.41, 5.74) is 1.12. The van der Waals surface area contributed by atoms with Gasteiger partial charge in [0.05, 0.1) is 23.5 Å². The number of ether oxygens (including phenoxy) is 1. The molecule has 1 aromatic heterocycles. The van der Waals surface area contributed by atoms with Gasteiger partial charge in [0.15, 0.2) is 6.20 Å². The zero-order valence-corrected chi connectivity index (χ0v) is 20.0. The number of anilines is 1. The quantitative estimate of drug-likeness (QED) is 0.497. The molecule has 0 radical (unpaired) electrons. The highest BCUT2D eigenvalue weighted by Gasteiger charge is 2.25. The molecule has 0 atom stereocenters. The summed E-state index contributed by atoms with van der Waals surface area (Å²) in [6.07, 6.45) is 10.0. The average Bonchev–Trinajstić information content (AvgIpc) is 3.10. The SMILES string of the molecule is Br.Cc1cccc(C(=O)OC(C)(C)C)c1NC(=O)C[n+]1cccn1C1CCCCC1. The molecule has 2 aromatic rings. The number of carbonyl (C=O) groups excluding carboxylic acids is 2. The molecule has 1 aliphatic rings. The third kappa shape index (κ3) is 6.17. The summed E-state index contributed by atoms with van der Waals surface area (Å²) in [6, 6.07) is 7.78.